The normalized spacial score (nSPS) is 14.3. The van der Waals surface area contributed by atoms with Crippen molar-refractivity contribution in [3.05, 3.63) is 94.0 Å². The van der Waals surface area contributed by atoms with Gasteiger partial charge in [-0.3, -0.25) is 14.6 Å². The van der Waals surface area contributed by atoms with Gasteiger partial charge in [-0.1, -0.05) is 23.7 Å². The number of halogens is 4. The summed E-state index contributed by atoms with van der Waals surface area (Å²) in [6.45, 7) is 3.87. The van der Waals surface area contributed by atoms with Crippen LogP contribution in [-0.2, 0) is 17.5 Å². The quantitative estimate of drug-likeness (QED) is 0.126. The molecule has 4 N–H and O–H groups in total. The number of para-hydroxylation sites is 1. The first kappa shape index (κ1) is 32.9. The average Bonchev–Trinajstić information content (AvgIpc) is 3.47. The highest BCUT2D eigenvalue weighted by atomic mass is 35.5. The van der Waals surface area contributed by atoms with Crippen LogP contribution < -0.4 is 16.1 Å². The van der Waals surface area contributed by atoms with Crippen LogP contribution in [0.15, 0.2) is 77.2 Å². The molecule has 0 atom stereocenters. The van der Waals surface area contributed by atoms with Gasteiger partial charge in [0.05, 0.1) is 24.0 Å². The van der Waals surface area contributed by atoms with Crippen LogP contribution >= 0.6 is 22.9 Å². The molecule has 0 spiro atoms. The second-order valence-electron chi connectivity index (χ2n) is 10.4. The maximum Gasteiger partial charge on any atom is 0.416 e. The van der Waals surface area contributed by atoms with E-state index in [4.69, 9.17) is 16.6 Å². The first-order valence-corrected chi connectivity index (χ1v) is 15.3. The number of carbonyl (C=O) groups is 2. The van der Waals surface area contributed by atoms with E-state index in [1.54, 1.807) is 48.5 Å². The molecule has 46 heavy (non-hydrogen) atoms. The van der Waals surface area contributed by atoms with E-state index in [0.717, 1.165) is 54.6 Å². The van der Waals surface area contributed by atoms with Gasteiger partial charge in [-0.25, -0.2) is 15.2 Å². The molecule has 3 aromatic carbocycles. The van der Waals surface area contributed by atoms with E-state index in [9.17, 15) is 27.9 Å². The van der Waals surface area contributed by atoms with Crippen LogP contribution in [0.25, 0.3) is 10.6 Å². The number of carbonyl (C=O) groups excluding carboxylic acids is 2. The third kappa shape index (κ3) is 9.26. The van der Waals surface area contributed by atoms with E-state index >= 15 is 0 Å². The number of aromatic nitrogens is 1. The summed E-state index contributed by atoms with van der Waals surface area (Å²) in [5.74, 6) is -0.142. The summed E-state index contributed by atoms with van der Waals surface area (Å²) in [6.07, 6.45) is -3.19. The molecule has 5 rings (SSSR count). The average molecular weight is 672 g/mol. The SMILES string of the molecule is O=C(CN1CCN(Cc2csc(-c3ccc(NC(=O)Nc4cc(Cl)cc(C(F)(F)F)c4)cc3)n2)CC1)N/N=C/c1ccccc1O. The Morgan fingerprint density at radius 2 is 1.67 bits per heavy atom. The molecule has 15 heteroatoms. The first-order valence-electron chi connectivity index (χ1n) is 14.1. The monoisotopic (exact) mass is 671 g/mol. The number of alkyl halides is 3. The molecule has 0 bridgehead atoms. The number of phenolic OH excluding ortho intramolecular Hbond substituents is 1. The van der Waals surface area contributed by atoms with Gasteiger partial charge >= 0.3 is 12.2 Å². The standard InChI is InChI=1S/C31H29ClF3N7O3S/c32-23-13-22(31(33,34)35)14-25(15-23)39-30(45)38-24-7-5-20(6-8-24)29-37-26(19-46-29)17-41-9-11-42(12-10-41)18-28(44)40-36-16-21-3-1-2-4-27(21)43/h1-8,13-16,19,43H,9-12,17-18H2,(H,40,44)(H2,38,39,45)/b36-16+. The molecule has 1 saturated heterocycles. The Hall–Kier alpha value is -4.50. The fourth-order valence-electron chi connectivity index (χ4n) is 4.67. The van der Waals surface area contributed by atoms with Crippen molar-refractivity contribution in [3.8, 4) is 16.3 Å². The van der Waals surface area contributed by atoms with E-state index in [1.165, 1.54) is 23.6 Å². The molecule has 3 amide bonds. The molecule has 2 heterocycles. The van der Waals surface area contributed by atoms with Crippen molar-refractivity contribution < 1.29 is 27.9 Å². The fraction of sp³-hybridized carbons (Fsp3) is 0.226. The van der Waals surface area contributed by atoms with E-state index in [0.29, 0.717) is 17.8 Å². The summed E-state index contributed by atoms with van der Waals surface area (Å²) >= 11 is 7.28. The van der Waals surface area contributed by atoms with Gasteiger partial charge in [-0.2, -0.15) is 18.3 Å². The Bertz CT molecular complexity index is 1710. The lowest BCUT2D eigenvalue weighted by atomic mass is 10.2. The Balaban J connectivity index is 1.06. The molecule has 1 aromatic heterocycles. The summed E-state index contributed by atoms with van der Waals surface area (Å²) in [7, 11) is 0. The zero-order chi connectivity index (χ0) is 32.7. The predicted octanol–water partition coefficient (Wildman–Crippen LogP) is 6.10. The van der Waals surface area contributed by atoms with E-state index < -0.39 is 17.8 Å². The van der Waals surface area contributed by atoms with Crippen molar-refractivity contribution in [3.63, 3.8) is 0 Å². The van der Waals surface area contributed by atoms with Crippen molar-refractivity contribution in [1.29, 1.82) is 0 Å². The molecular formula is C31H29ClF3N7O3S. The highest BCUT2D eigenvalue weighted by molar-refractivity contribution is 7.13. The topological polar surface area (TPSA) is 122 Å². The number of piperazine rings is 1. The molecule has 1 aliphatic heterocycles. The van der Waals surface area contributed by atoms with Crippen molar-refractivity contribution in [2.45, 2.75) is 12.7 Å². The molecule has 0 aliphatic carbocycles. The van der Waals surface area contributed by atoms with Gasteiger partial charge in [0.1, 0.15) is 10.8 Å². The third-order valence-corrected chi connectivity index (χ3v) is 8.13. The minimum absolute atomic E-state index is 0.0806. The summed E-state index contributed by atoms with van der Waals surface area (Å²) in [6, 6.07) is 15.8. The number of amides is 3. The van der Waals surface area contributed by atoms with Gasteiger partial charge in [0, 0.05) is 65.6 Å². The summed E-state index contributed by atoms with van der Waals surface area (Å²) in [4.78, 5) is 33.7. The molecule has 0 unspecified atom stereocenters. The van der Waals surface area contributed by atoms with Crippen LogP contribution in [0.2, 0.25) is 5.02 Å². The van der Waals surface area contributed by atoms with Crippen LogP contribution in [0.4, 0.5) is 29.3 Å². The van der Waals surface area contributed by atoms with Crippen LogP contribution in [0.5, 0.6) is 5.75 Å². The zero-order valence-electron chi connectivity index (χ0n) is 24.2. The van der Waals surface area contributed by atoms with E-state index in [2.05, 4.69) is 31.0 Å². The molecule has 4 aromatic rings. The number of anilines is 2. The Morgan fingerprint density at radius 1 is 0.978 bits per heavy atom. The van der Waals surface area contributed by atoms with Crippen molar-refractivity contribution >= 4 is 52.5 Å². The lowest BCUT2D eigenvalue weighted by molar-refractivity contribution is -0.137. The lowest BCUT2D eigenvalue weighted by Crippen LogP contribution is -2.48. The minimum Gasteiger partial charge on any atom is -0.507 e. The number of thiazole rings is 1. The van der Waals surface area contributed by atoms with Gasteiger partial charge < -0.3 is 15.7 Å². The van der Waals surface area contributed by atoms with Crippen molar-refractivity contribution in [2.75, 3.05) is 43.4 Å². The maximum atomic E-state index is 13.0. The number of nitrogens with one attached hydrogen (secondary N) is 3. The van der Waals surface area contributed by atoms with Gasteiger partial charge in [0.2, 0.25) is 0 Å². The third-order valence-electron chi connectivity index (χ3n) is 6.97. The Morgan fingerprint density at radius 3 is 2.39 bits per heavy atom. The molecule has 0 saturated carbocycles. The minimum atomic E-state index is -4.59. The van der Waals surface area contributed by atoms with Gasteiger partial charge in [-0.05, 0) is 54.6 Å². The van der Waals surface area contributed by atoms with Gasteiger partial charge in [-0.15, -0.1) is 11.3 Å². The second-order valence-corrected chi connectivity index (χ2v) is 11.7. The number of hydrogen-bond acceptors (Lipinski definition) is 8. The Kier molecular flexibility index (Phi) is 10.5. The maximum absolute atomic E-state index is 13.0. The summed E-state index contributed by atoms with van der Waals surface area (Å²) in [5, 5.41) is 21.3. The first-order chi connectivity index (χ1) is 22.0. The number of benzene rings is 3. The number of nitrogens with zero attached hydrogens (tertiary/aromatic N) is 4. The smallest absolute Gasteiger partial charge is 0.416 e. The number of urea groups is 1. The second kappa shape index (κ2) is 14.7. The number of aromatic hydroxyl groups is 1. The zero-order valence-corrected chi connectivity index (χ0v) is 25.8. The predicted molar refractivity (Wildman–Crippen MR) is 172 cm³/mol. The summed E-state index contributed by atoms with van der Waals surface area (Å²) < 4.78 is 39.1. The Labute approximate surface area is 271 Å². The van der Waals surface area contributed by atoms with Crippen LogP contribution in [0.3, 0.4) is 0 Å². The highest BCUT2D eigenvalue weighted by Gasteiger charge is 2.31. The number of phenols is 1. The van der Waals surface area contributed by atoms with Gasteiger partial charge in [0.15, 0.2) is 0 Å². The van der Waals surface area contributed by atoms with Crippen LogP contribution in [0.1, 0.15) is 16.8 Å². The summed E-state index contributed by atoms with van der Waals surface area (Å²) in [5.41, 5.74) is 4.20. The molecule has 1 fully saturated rings. The fourth-order valence-corrected chi connectivity index (χ4v) is 5.72. The number of hydrogen-bond donors (Lipinski definition) is 4. The highest BCUT2D eigenvalue weighted by Crippen LogP contribution is 2.33. The molecule has 0 radical (unpaired) electrons. The number of hydrazone groups is 1. The molecule has 10 nitrogen and oxygen atoms in total. The van der Waals surface area contributed by atoms with Crippen molar-refractivity contribution in [2.24, 2.45) is 5.10 Å². The van der Waals surface area contributed by atoms with Crippen molar-refractivity contribution in [1.82, 2.24) is 20.2 Å². The van der Waals surface area contributed by atoms with Crippen LogP contribution in [0, 0.1) is 0 Å². The van der Waals surface area contributed by atoms with E-state index in [-0.39, 0.29) is 28.9 Å². The van der Waals surface area contributed by atoms with Crippen LogP contribution in [-0.4, -0.2) is 70.8 Å². The largest absolute Gasteiger partial charge is 0.507 e. The molecule has 240 valence electrons. The van der Waals surface area contributed by atoms with E-state index in [1.807, 2.05) is 5.38 Å². The molecular weight excluding hydrogens is 643 g/mol. The number of rotatable bonds is 9. The lowest BCUT2D eigenvalue weighted by Gasteiger charge is -2.33. The molecule has 1 aliphatic rings. The van der Waals surface area contributed by atoms with Gasteiger partial charge in [0.25, 0.3) is 5.91 Å².